The van der Waals surface area contributed by atoms with Crippen molar-refractivity contribution in [1.82, 2.24) is 0 Å². The van der Waals surface area contributed by atoms with Crippen molar-refractivity contribution in [2.45, 2.75) is 157 Å². The minimum absolute atomic E-state index is 0.0204. The SMILES string of the molecule is CC(C)(C)c1cc(-c2cc(C(C)(C)C)cc(-c3cc(C(C)(C)C)cc(C(C)(C)C)c3)c2-c2ccccc2C(C)(C)C)cc(C(C)(C)C)c1. The summed E-state index contributed by atoms with van der Waals surface area (Å²) < 4.78 is 0. The molecular weight excluding hydrogens is 577 g/mol. The van der Waals surface area contributed by atoms with Crippen LogP contribution in [0.5, 0.6) is 0 Å². The molecule has 0 nitrogen and oxygen atoms in total. The lowest BCUT2D eigenvalue weighted by molar-refractivity contribution is 0.568. The Bertz CT molecular complexity index is 1620. The summed E-state index contributed by atoms with van der Waals surface area (Å²) in [6.45, 7) is 42.3. The van der Waals surface area contributed by atoms with Gasteiger partial charge in [0.1, 0.15) is 0 Å². The summed E-state index contributed by atoms with van der Waals surface area (Å²) in [5.41, 5.74) is 16.2. The maximum atomic E-state index is 2.52. The molecule has 4 aromatic carbocycles. The molecule has 4 aromatic rings. The minimum atomic E-state index is -0.0332. The molecule has 0 aliphatic heterocycles. The van der Waals surface area contributed by atoms with Crippen molar-refractivity contribution < 1.29 is 0 Å². The van der Waals surface area contributed by atoms with Gasteiger partial charge < -0.3 is 0 Å². The van der Waals surface area contributed by atoms with Crippen LogP contribution in [0.2, 0.25) is 0 Å². The first-order chi connectivity index (χ1) is 21.6. The number of hydrogen-bond acceptors (Lipinski definition) is 0. The Kier molecular flexibility index (Phi) is 9.69. The third-order valence-corrected chi connectivity index (χ3v) is 9.96. The lowest BCUT2D eigenvalue weighted by atomic mass is 9.73. The second-order valence-electron chi connectivity index (χ2n) is 20.6. The highest BCUT2D eigenvalue weighted by Gasteiger charge is 2.29. The predicted molar refractivity (Wildman–Crippen MR) is 215 cm³/mol. The first kappa shape index (κ1) is 37.7. The van der Waals surface area contributed by atoms with Crippen molar-refractivity contribution in [3.8, 4) is 33.4 Å². The van der Waals surface area contributed by atoms with Crippen LogP contribution in [0.15, 0.2) is 72.8 Å². The van der Waals surface area contributed by atoms with Crippen LogP contribution in [-0.4, -0.2) is 0 Å². The second kappa shape index (κ2) is 12.3. The summed E-state index contributed by atoms with van der Waals surface area (Å²) in [5.74, 6) is 0. The molecule has 0 saturated heterocycles. The van der Waals surface area contributed by atoms with Gasteiger partial charge in [0.15, 0.2) is 0 Å². The van der Waals surface area contributed by atoms with Crippen LogP contribution in [0.25, 0.3) is 33.4 Å². The molecule has 0 unspecified atom stereocenters. The molecular formula is C48H66. The third kappa shape index (κ3) is 8.18. The van der Waals surface area contributed by atoms with Crippen molar-refractivity contribution >= 4 is 0 Å². The molecule has 0 N–H and O–H groups in total. The van der Waals surface area contributed by atoms with Gasteiger partial charge in [-0.15, -0.1) is 0 Å². The highest BCUT2D eigenvalue weighted by atomic mass is 14.3. The summed E-state index contributed by atoms with van der Waals surface area (Å²) in [6, 6.07) is 29.0. The van der Waals surface area contributed by atoms with Crippen molar-refractivity contribution in [1.29, 1.82) is 0 Å². The molecule has 0 aliphatic carbocycles. The molecule has 0 aromatic heterocycles. The van der Waals surface area contributed by atoms with E-state index >= 15 is 0 Å². The Hall–Kier alpha value is -3.12. The van der Waals surface area contributed by atoms with E-state index in [1.165, 1.54) is 66.8 Å². The Morgan fingerprint density at radius 1 is 0.292 bits per heavy atom. The summed E-state index contributed by atoms with van der Waals surface area (Å²) in [7, 11) is 0. The zero-order valence-electron chi connectivity index (χ0n) is 33.9. The lowest BCUT2D eigenvalue weighted by Crippen LogP contribution is -2.18. The van der Waals surface area contributed by atoms with Crippen LogP contribution in [-0.2, 0) is 32.5 Å². The van der Waals surface area contributed by atoms with Gasteiger partial charge in [-0.25, -0.2) is 0 Å². The summed E-state index contributed by atoms with van der Waals surface area (Å²) >= 11 is 0. The van der Waals surface area contributed by atoms with Crippen molar-refractivity contribution in [2.24, 2.45) is 0 Å². The van der Waals surface area contributed by atoms with Gasteiger partial charge in [-0.2, -0.15) is 0 Å². The van der Waals surface area contributed by atoms with Gasteiger partial charge >= 0.3 is 0 Å². The topological polar surface area (TPSA) is 0 Å². The molecule has 48 heavy (non-hydrogen) atoms. The van der Waals surface area contributed by atoms with Crippen molar-refractivity contribution in [3.63, 3.8) is 0 Å². The Morgan fingerprint density at radius 2 is 0.583 bits per heavy atom. The van der Waals surface area contributed by atoms with E-state index in [1.807, 2.05) is 0 Å². The van der Waals surface area contributed by atoms with Crippen LogP contribution in [0, 0.1) is 0 Å². The van der Waals surface area contributed by atoms with Crippen molar-refractivity contribution in [3.05, 3.63) is 106 Å². The molecule has 258 valence electrons. The largest absolute Gasteiger partial charge is 0.0619 e. The van der Waals surface area contributed by atoms with Gasteiger partial charge in [0, 0.05) is 0 Å². The molecule has 0 spiro atoms. The molecule has 0 saturated carbocycles. The van der Waals surface area contributed by atoms with Gasteiger partial charge in [-0.1, -0.05) is 185 Å². The van der Waals surface area contributed by atoms with E-state index in [4.69, 9.17) is 0 Å². The molecule has 4 rings (SSSR count). The van der Waals surface area contributed by atoms with E-state index in [2.05, 4.69) is 197 Å². The monoisotopic (exact) mass is 643 g/mol. The highest BCUT2D eigenvalue weighted by Crippen LogP contribution is 2.48. The molecule has 0 heterocycles. The summed E-state index contributed by atoms with van der Waals surface area (Å²) in [5, 5.41) is 0. The van der Waals surface area contributed by atoms with E-state index in [-0.39, 0.29) is 32.5 Å². The highest BCUT2D eigenvalue weighted by molar-refractivity contribution is 5.97. The molecule has 0 heteroatoms. The fraction of sp³-hybridized carbons (Fsp3) is 0.500. The number of hydrogen-bond donors (Lipinski definition) is 0. The zero-order valence-corrected chi connectivity index (χ0v) is 33.9. The van der Waals surface area contributed by atoms with Gasteiger partial charge in [-0.05, 0) is 111 Å². The number of benzene rings is 4. The molecule has 0 atom stereocenters. The minimum Gasteiger partial charge on any atom is -0.0619 e. The van der Waals surface area contributed by atoms with E-state index < -0.39 is 0 Å². The first-order valence-corrected chi connectivity index (χ1v) is 18.2. The second-order valence-corrected chi connectivity index (χ2v) is 20.6. The van der Waals surface area contributed by atoms with Crippen LogP contribution in [0.1, 0.15) is 158 Å². The van der Waals surface area contributed by atoms with Crippen LogP contribution >= 0.6 is 0 Å². The van der Waals surface area contributed by atoms with Crippen LogP contribution in [0.3, 0.4) is 0 Å². The summed E-state index contributed by atoms with van der Waals surface area (Å²) in [6.07, 6.45) is 0. The zero-order chi connectivity index (χ0) is 36.4. The van der Waals surface area contributed by atoms with Gasteiger partial charge in [0.25, 0.3) is 0 Å². The Balaban J connectivity index is 2.35. The number of rotatable bonds is 3. The lowest BCUT2D eigenvalue weighted by Gasteiger charge is -2.31. The maximum Gasteiger partial charge on any atom is -0.00236 e. The molecule has 0 aliphatic rings. The van der Waals surface area contributed by atoms with E-state index in [0.717, 1.165) is 0 Å². The maximum absolute atomic E-state index is 2.52. The van der Waals surface area contributed by atoms with Crippen molar-refractivity contribution in [2.75, 3.05) is 0 Å². The van der Waals surface area contributed by atoms with Crippen LogP contribution < -0.4 is 0 Å². The molecule has 0 radical (unpaired) electrons. The predicted octanol–water partition coefficient (Wildman–Crippen LogP) is 14.5. The molecule has 0 amide bonds. The Morgan fingerprint density at radius 3 is 0.875 bits per heavy atom. The van der Waals surface area contributed by atoms with Gasteiger partial charge in [0.2, 0.25) is 0 Å². The third-order valence-electron chi connectivity index (χ3n) is 9.96. The average molecular weight is 643 g/mol. The smallest absolute Gasteiger partial charge is 0.00236 e. The van der Waals surface area contributed by atoms with Gasteiger partial charge in [-0.3, -0.25) is 0 Å². The average Bonchev–Trinajstić information content (AvgIpc) is 2.93. The first-order valence-electron chi connectivity index (χ1n) is 18.2. The quantitative estimate of drug-likeness (QED) is 0.209. The van der Waals surface area contributed by atoms with Gasteiger partial charge in [0.05, 0.1) is 0 Å². The summed E-state index contributed by atoms with van der Waals surface area (Å²) in [4.78, 5) is 0. The fourth-order valence-electron chi connectivity index (χ4n) is 6.47. The Labute approximate surface area is 295 Å². The van der Waals surface area contributed by atoms with E-state index in [9.17, 15) is 0 Å². The standard InChI is InChI=1S/C48H66/c1-43(2,3)33-23-31(24-34(27-33)44(4,5)6)39-29-37(47(13,14)15)30-40(42(39)38-21-19-20-22-41(38)48(16,17)18)32-25-35(45(7,8)9)28-36(26-32)46(10,11)12/h19-30H,1-18H3. The fourth-order valence-corrected chi connectivity index (χ4v) is 6.47. The van der Waals surface area contributed by atoms with E-state index in [0.29, 0.717) is 0 Å². The molecule has 0 fully saturated rings. The molecule has 0 bridgehead atoms. The normalized spacial score (nSPS) is 13.6. The van der Waals surface area contributed by atoms with Crippen LogP contribution in [0.4, 0.5) is 0 Å². The van der Waals surface area contributed by atoms with E-state index in [1.54, 1.807) is 0 Å².